The van der Waals surface area contributed by atoms with Gasteiger partial charge in [0.2, 0.25) is 5.91 Å². The lowest BCUT2D eigenvalue weighted by molar-refractivity contribution is -0.114. The maximum Gasteiger partial charge on any atom is 0.254 e. The molecule has 3 aromatic rings. The van der Waals surface area contributed by atoms with E-state index >= 15 is 0 Å². The lowest BCUT2D eigenvalue weighted by Gasteiger charge is -2.30. The van der Waals surface area contributed by atoms with E-state index in [1.807, 2.05) is 55.5 Å². The molecule has 4 rings (SSSR count). The zero-order valence-electron chi connectivity index (χ0n) is 22.5. The number of nitriles is 1. The van der Waals surface area contributed by atoms with Gasteiger partial charge in [0.05, 0.1) is 53.4 Å². The number of para-hydroxylation sites is 4. The molecule has 0 saturated carbocycles. The van der Waals surface area contributed by atoms with E-state index in [-0.39, 0.29) is 17.6 Å². The second-order valence-electron chi connectivity index (χ2n) is 8.78. The SMILES string of the molecule is CCOc1ccccc1NC(=O)CSC1=C(C#N)[C@H](c2ccccc2)C(C(=O)Nc2ccccc2OC)=C(C)N1. The highest BCUT2D eigenvalue weighted by atomic mass is 32.2. The van der Waals surface area contributed by atoms with E-state index < -0.39 is 5.92 Å². The Labute approximate surface area is 238 Å². The summed E-state index contributed by atoms with van der Waals surface area (Å²) in [7, 11) is 1.54. The van der Waals surface area contributed by atoms with Crippen LogP contribution in [0.2, 0.25) is 0 Å². The van der Waals surface area contributed by atoms with Gasteiger partial charge in [-0.2, -0.15) is 5.26 Å². The highest BCUT2D eigenvalue weighted by Gasteiger charge is 2.35. The molecule has 3 N–H and O–H groups in total. The zero-order valence-corrected chi connectivity index (χ0v) is 23.3. The van der Waals surface area contributed by atoms with Crippen LogP contribution in [0.3, 0.4) is 0 Å². The summed E-state index contributed by atoms with van der Waals surface area (Å²) in [5, 5.41) is 19.9. The average Bonchev–Trinajstić information content (AvgIpc) is 2.97. The maximum atomic E-state index is 13.7. The van der Waals surface area contributed by atoms with E-state index in [0.29, 0.717) is 51.4 Å². The number of nitrogens with one attached hydrogen (secondary N) is 3. The predicted octanol–water partition coefficient (Wildman–Crippen LogP) is 5.80. The molecule has 0 bridgehead atoms. The van der Waals surface area contributed by atoms with Gasteiger partial charge in [0.25, 0.3) is 5.91 Å². The standard InChI is InChI=1S/C31H30N4O4S/c1-4-39-26-17-11-9-15-24(26)34-27(36)19-40-31-22(18-32)29(21-12-6-5-7-13-21)28(20(2)33-31)30(37)35-23-14-8-10-16-25(23)38-3/h5-17,29,33H,4,19H2,1-3H3,(H,34,36)(H,35,37)/t29-/m0/s1. The minimum Gasteiger partial charge on any atom is -0.495 e. The van der Waals surface area contributed by atoms with Crippen molar-refractivity contribution in [2.24, 2.45) is 0 Å². The van der Waals surface area contributed by atoms with Crippen molar-refractivity contribution in [1.29, 1.82) is 5.26 Å². The summed E-state index contributed by atoms with van der Waals surface area (Å²) in [6, 6.07) is 26.1. The number of carbonyl (C=O) groups is 2. The molecule has 204 valence electrons. The van der Waals surface area contributed by atoms with Crippen LogP contribution >= 0.6 is 11.8 Å². The lowest BCUT2D eigenvalue weighted by atomic mass is 9.82. The maximum absolute atomic E-state index is 13.7. The monoisotopic (exact) mass is 554 g/mol. The Morgan fingerprint density at radius 2 is 1.57 bits per heavy atom. The first kappa shape index (κ1) is 28.3. The highest BCUT2D eigenvalue weighted by molar-refractivity contribution is 8.03. The number of hydrogen-bond acceptors (Lipinski definition) is 7. The van der Waals surface area contributed by atoms with Crippen LogP contribution in [0.15, 0.2) is 101 Å². The van der Waals surface area contributed by atoms with Gasteiger partial charge in [-0.25, -0.2) is 0 Å². The summed E-state index contributed by atoms with van der Waals surface area (Å²) in [6.07, 6.45) is 0. The molecule has 0 unspecified atom stereocenters. The van der Waals surface area contributed by atoms with E-state index in [1.54, 1.807) is 37.3 Å². The molecule has 1 aliphatic rings. The molecule has 0 aromatic heterocycles. The van der Waals surface area contributed by atoms with Crippen molar-refractivity contribution in [1.82, 2.24) is 5.32 Å². The topological polar surface area (TPSA) is 112 Å². The van der Waals surface area contributed by atoms with Gasteiger partial charge >= 0.3 is 0 Å². The van der Waals surface area contributed by atoms with Crippen LogP contribution in [0.5, 0.6) is 11.5 Å². The Hall–Kier alpha value is -4.68. The van der Waals surface area contributed by atoms with Crippen LogP contribution < -0.4 is 25.4 Å². The third-order valence-electron chi connectivity index (χ3n) is 6.19. The zero-order chi connectivity index (χ0) is 28.5. The number of nitrogens with zero attached hydrogens (tertiary/aromatic N) is 1. The number of methoxy groups -OCH3 is 1. The molecule has 3 aromatic carbocycles. The van der Waals surface area contributed by atoms with Crippen LogP contribution in [0, 0.1) is 11.3 Å². The number of anilines is 2. The van der Waals surface area contributed by atoms with Gasteiger partial charge in [-0.05, 0) is 43.7 Å². The van der Waals surface area contributed by atoms with E-state index in [1.165, 1.54) is 18.9 Å². The fraction of sp³-hybridized carbons (Fsp3) is 0.194. The van der Waals surface area contributed by atoms with Crippen molar-refractivity contribution in [3.8, 4) is 17.6 Å². The van der Waals surface area contributed by atoms with Crippen molar-refractivity contribution in [2.75, 3.05) is 30.1 Å². The molecule has 9 heteroatoms. The molecular formula is C31H30N4O4S. The number of allylic oxidation sites excluding steroid dienone is 2. The molecule has 2 amide bonds. The number of rotatable bonds is 10. The van der Waals surface area contributed by atoms with Crippen molar-refractivity contribution in [3.05, 3.63) is 106 Å². The molecule has 0 aliphatic carbocycles. The largest absolute Gasteiger partial charge is 0.495 e. The summed E-state index contributed by atoms with van der Waals surface area (Å²) in [5.74, 6) is -0.0767. The van der Waals surface area contributed by atoms with Gasteiger partial charge in [-0.3, -0.25) is 9.59 Å². The summed E-state index contributed by atoms with van der Waals surface area (Å²) < 4.78 is 11.0. The van der Waals surface area contributed by atoms with E-state index in [2.05, 4.69) is 22.0 Å². The molecule has 1 heterocycles. The van der Waals surface area contributed by atoms with E-state index in [0.717, 1.165) is 5.56 Å². The van der Waals surface area contributed by atoms with Crippen LogP contribution in [0.4, 0.5) is 11.4 Å². The number of ether oxygens (including phenoxy) is 2. The summed E-state index contributed by atoms with van der Waals surface area (Å²) in [6.45, 7) is 4.15. The van der Waals surface area contributed by atoms with Gasteiger partial charge in [0, 0.05) is 11.3 Å². The average molecular weight is 555 g/mol. The number of thioether (sulfide) groups is 1. The smallest absolute Gasteiger partial charge is 0.254 e. The van der Waals surface area contributed by atoms with Gasteiger partial charge < -0.3 is 25.4 Å². The van der Waals surface area contributed by atoms with Gasteiger partial charge in [0.15, 0.2) is 0 Å². The van der Waals surface area contributed by atoms with Crippen molar-refractivity contribution in [3.63, 3.8) is 0 Å². The Bertz CT molecular complexity index is 1490. The lowest BCUT2D eigenvalue weighted by Crippen LogP contribution is -2.31. The van der Waals surface area contributed by atoms with Crippen molar-refractivity contribution in [2.45, 2.75) is 19.8 Å². The third kappa shape index (κ3) is 6.47. The van der Waals surface area contributed by atoms with E-state index in [4.69, 9.17) is 9.47 Å². The molecule has 0 fully saturated rings. The van der Waals surface area contributed by atoms with Crippen LogP contribution in [0.25, 0.3) is 0 Å². The van der Waals surface area contributed by atoms with E-state index in [9.17, 15) is 14.9 Å². The highest BCUT2D eigenvalue weighted by Crippen LogP contribution is 2.41. The molecule has 40 heavy (non-hydrogen) atoms. The van der Waals surface area contributed by atoms with Gasteiger partial charge in [-0.1, -0.05) is 66.4 Å². The molecule has 1 atom stereocenters. The first-order valence-corrected chi connectivity index (χ1v) is 13.7. The first-order chi connectivity index (χ1) is 19.5. The predicted molar refractivity (Wildman–Crippen MR) is 158 cm³/mol. The van der Waals surface area contributed by atoms with Crippen LogP contribution in [0.1, 0.15) is 25.3 Å². The first-order valence-electron chi connectivity index (χ1n) is 12.7. The summed E-state index contributed by atoms with van der Waals surface area (Å²) in [5.41, 5.74) is 3.24. The molecule has 8 nitrogen and oxygen atoms in total. The van der Waals surface area contributed by atoms with Crippen molar-refractivity contribution >= 4 is 35.0 Å². The normalized spacial score (nSPS) is 14.6. The number of hydrogen-bond donors (Lipinski definition) is 3. The summed E-state index contributed by atoms with van der Waals surface area (Å²) in [4.78, 5) is 26.5. The molecular weight excluding hydrogens is 524 g/mol. The molecule has 0 radical (unpaired) electrons. The quantitative estimate of drug-likeness (QED) is 0.290. The Balaban J connectivity index is 1.61. The second-order valence-corrected chi connectivity index (χ2v) is 9.77. The van der Waals surface area contributed by atoms with Crippen LogP contribution in [-0.4, -0.2) is 31.3 Å². The number of dihydropyridines is 1. The summed E-state index contributed by atoms with van der Waals surface area (Å²) >= 11 is 1.21. The third-order valence-corrected chi connectivity index (χ3v) is 7.21. The number of amides is 2. The molecule has 0 spiro atoms. The Morgan fingerprint density at radius 1 is 0.950 bits per heavy atom. The van der Waals surface area contributed by atoms with Crippen molar-refractivity contribution < 1.29 is 19.1 Å². The van der Waals surface area contributed by atoms with Crippen LogP contribution in [-0.2, 0) is 9.59 Å². The molecule has 1 aliphatic heterocycles. The number of carbonyl (C=O) groups excluding carboxylic acids is 2. The Morgan fingerprint density at radius 3 is 2.23 bits per heavy atom. The minimum atomic E-state index is -0.633. The minimum absolute atomic E-state index is 0.0471. The van der Waals surface area contributed by atoms with Gasteiger partial charge in [-0.15, -0.1) is 0 Å². The Kier molecular flexibility index (Phi) is 9.49. The van der Waals surface area contributed by atoms with Gasteiger partial charge in [0.1, 0.15) is 11.5 Å². The fourth-order valence-corrected chi connectivity index (χ4v) is 5.31. The molecule has 0 saturated heterocycles. The fourth-order valence-electron chi connectivity index (χ4n) is 4.42. The number of benzene rings is 3. The second kappa shape index (κ2) is 13.4.